The van der Waals surface area contributed by atoms with Crippen LogP contribution in [0.2, 0.25) is 0 Å². The Morgan fingerprint density at radius 3 is 2.44 bits per heavy atom. The second-order valence-corrected chi connectivity index (χ2v) is 7.71. The van der Waals surface area contributed by atoms with E-state index in [1.165, 1.54) is 25.2 Å². The van der Waals surface area contributed by atoms with Crippen LogP contribution in [-0.2, 0) is 16.6 Å². The Morgan fingerprint density at radius 1 is 1.00 bits per heavy atom. The molecule has 0 radical (unpaired) electrons. The van der Waals surface area contributed by atoms with Crippen LogP contribution < -0.4 is 9.47 Å². The molecule has 0 aromatic heterocycles. The first kappa shape index (κ1) is 17.6. The molecule has 0 bridgehead atoms. The van der Waals surface area contributed by atoms with Gasteiger partial charge >= 0.3 is 0 Å². The van der Waals surface area contributed by atoms with Crippen LogP contribution in [0.25, 0.3) is 0 Å². The first-order valence-electron chi connectivity index (χ1n) is 7.68. The molecule has 25 heavy (non-hydrogen) atoms. The predicted molar refractivity (Wildman–Crippen MR) is 87.1 cm³/mol. The van der Waals surface area contributed by atoms with E-state index in [9.17, 15) is 17.2 Å². The summed E-state index contributed by atoms with van der Waals surface area (Å²) in [6.45, 7) is 0.865. The number of benzene rings is 2. The van der Waals surface area contributed by atoms with Gasteiger partial charge in [-0.2, -0.15) is 4.31 Å². The minimum absolute atomic E-state index is 0.0434. The normalized spacial score (nSPS) is 14.4. The van der Waals surface area contributed by atoms with Crippen LogP contribution in [0.5, 0.6) is 11.5 Å². The summed E-state index contributed by atoms with van der Waals surface area (Å²) in [4.78, 5) is 0.0434. The highest BCUT2D eigenvalue weighted by Gasteiger charge is 2.23. The highest BCUT2D eigenvalue weighted by atomic mass is 32.2. The van der Waals surface area contributed by atoms with Crippen molar-refractivity contribution in [2.24, 2.45) is 0 Å². The molecule has 0 N–H and O–H groups in total. The van der Waals surface area contributed by atoms with Crippen molar-refractivity contribution in [1.29, 1.82) is 0 Å². The van der Waals surface area contributed by atoms with Crippen LogP contribution in [0.3, 0.4) is 0 Å². The SMILES string of the molecule is CN(Cc1ccc(F)c(F)c1)S(=O)(=O)c1ccc2c(c1)OCCCO2. The topological polar surface area (TPSA) is 55.8 Å². The molecule has 0 unspecified atom stereocenters. The highest BCUT2D eigenvalue weighted by molar-refractivity contribution is 7.89. The highest BCUT2D eigenvalue weighted by Crippen LogP contribution is 2.32. The van der Waals surface area contributed by atoms with Gasteiger partial charge in [-0.3, -0.25) is 0 Å². The van der Waals surface area contributed by atoms with Gasteiger partial charge in [0.05, 0.1) is 18.1 Å². The lowest BCUT2D eigenvalue weighted by molar-refractivity contribution is 0.297. The summed E-state index contributed by atoms with van der Waals surface area (Å²) in [5.74, 6) is -1.12. The van der Waals surface area contributed by atoms with Gasteiger partial charge in [-0.1, -0.05) is 6.07 Å². The third kappa shape index (κ3) is 3.74. The van der Waals surface area contributed by atoms with Crippen molar-refractivity contribution in [2.45, 2.75) is 17.9 Å². The number of ether oxygens (including phenoxy) is 2. The second-order valence-electron chi connectivity index (χ2n) is 5.67. The molecular formula is C17H17F2NO4S. The Hall–Kier alpha value is -2.19. The minimum Gasteiger partial charge on any atom is -0.490 e. The zero-order valence-electron chi connectivity index (χ0n) is 13.5. The second kappa shape index (κ2) is 6.97. The zero-order valence-corrected chi connectivity index (χ0v) is 14.4. The predicted octanol–water partition coefficient (Wildman–Crippen LogP) is 2.95. The van der Waals surface area contributed by atoms with E-state index < -0.39 is 21.7 Å². The molecule has 0 saturated heterocycles. The molecule has 0 amide bonds. The fourth-order valence-corrected chi connectivity index (χ4v) is 3.64. The summed E-state index contributed by atoms with van der Waals surface area (Å²) < 4.78 is 63.8. The van der Waals surface area contributed by atoms with Gasteiger partial charge in [0, 0.05) is 26.1 Å². The molecule has 1 aliphatic rings. The maximum absolute atomic E-state index is 13.3. The van der Waals surface area contributed by atoms with E-state index in [1.54, 1.807) is 6.07 Å². The number of hydrogen-bond acceptors (Lipinski definition) is 4. The first-order valence-corrected chi connectivity index (χ1v) is 9.12. The van der Waals surface area contributed by atoms with Gasteiger partial charge in [-0.25, -0.2) is 17.2 Å². The smallest absolute Gasteiger partial charge is 0.243 e. The summed E-state index contributed by atoms with van der Waals surface area (Å²) in [6.07, 6.45) is 0.715. The fraction of sp³-hybridized carbons (Fsp3) is 0.294. The van der Waals surface area contributed by atoms with E-state index in [1.807, 2.05) is 0 Å². The quantitative estimate of drug-likeness (QED) is 0.832. The Bertz CT molecular complexity index is 886. The number of halogens is 2. The molecule has 1 aliphatic heterocycles. The summed E-state index contributed by atoms with van der Waals surface area (Å²) in [6, 6.07) is 7.70. The molecule has 8 heteroatoms. The monoisotopic (exact) mass is 369 g/mol. The van der Waals surface area contributed by atoms with E-state index in [4.69, 9.17) is 9.47 Å². The molecule has 0 aliphatic carbocycles. The number of rotatable bonds is 4. The van der Waals surface area contributed by atoms with Crippen LogP contribution in [0.4, 0.5) is 8.78 Å². The lowest BCUT2D eigenvalue weighted by Gasteiger charge is -2.18. The average Bonchev–Trinajstić information content (AvgIpc) is 2.82. The molecule has 0 fully saturated rings. The molecule has 3 rings (SSSR count). The first-order chi connectivity index (χ1) is 11.9. The van der Waals surface area contributed by atoms with Crippen LogP contribution in [0, 0.1) is 11.6 Å². The number of fused-ring (bicyclic) bond motifs is 1. The Morgan fingerprint density at radius 2 is 1.72 bits per heavy atom. The molecule has 2 aromatic rings. The third-order valence-electron chi connectivity index (χ3n) is 3.82. The molecule has 2 aromatic carbocycles. The van der Waals surface area contributed by atoms with Crippen LogP contribution in [0.15, 0.2) is 41.3 Å². The minimum atomic E-state index is -3.82. The van der Waals surface area contributed by atoms with Gasteiger partial charge in [0.25, 0.3) is 0 Å². The lowest BCUT2D eigenvalue weighted by atomic mass is 10.2. The van der Waals surface area contributed by atoms with Crippen molar-refractivity contribution in [3.63, 3.8) is 0 Å². The molecule has 134 valence electrons. The van der Waals surface area contributed by atoms with Crippen molar-refractivity contribution in [3.05, 3.63) is 53.6 Å². The zero-order chi connectivity index (χ0) is 18.0. The molecular weight excluding hydrogens is 352 g/mol. The van der Waals surface area contributed by atoms with Crippen molar-refractivity contribution in [1.82, 2.24) is 4.31 Å². The van der Waals surface area contributed by atoms with E-state index in [2.05, 4.69) is 0 Å². The van der Waals surface area contributed by atoms with Gasteiger partial charge in [0.2, 0.25) is 10.0 Å². The number of sulfonamides is 1. The van der Waals surface area contributed by atoms with E-state index in [-0.39, 0.29) is 11.4 Å². The summed E-state index contributed by atoms with van der Waals surface area (Å²) in [7, 11) is -2.45. The maximum Gasteiger partial charge on any atom is 0.243 e. The fourth-order valence-electron chi connectivity index (χ4n) is 2.46. The average molecular weight is 369 g/mol. The standard InChI is InChI=1S/C17H17F2NO4S/c1-20(11-12-3-5-14(18)15(19)9-12)25(21,22)13-4-6-16-17(10-13)24-8-2-7-23-16/h3-6,9-10H,2,7-8,11H2,1H3. The van der Waals surface area contributed by atoms with Gasteiger partial charge in [-0.15, -0.1) is 0 Å². The van der Waals surface area contributed by atoms with Crippen molar-refractivity contribution >= 4 is 10.0 Å². The third-order valence-corrected chi connectivity index (χ3v) is 5.62. The van der Waals surface area contributed by atoms with Crippen LogP contribution in [-0.4, -0.2) is 33.0 Å². The number of nitrogens with zero attached hydrogens (tertiary/aromatic N) is 1. The molecule has 0 saturated carbocycles. The molecule has 5 nitrogen and oxygen atoms in total. The molecule has 0 atom stereocenters. The van der Waals surface area contributed by atoms with Crippen LogP contribution >= 0.6 is 0 Å². The van der Waals surface area contributed by atoms with E-state index >= 15 is 0 Å². The van der Waals surface area contributed by atoms with Crippen molar-refractivity contribution in [3.8, 4) is 11.5 Å². The summed E-state index contributed by atoms with van der Waals surface area (Å²) in [5.41, 5.74) is 0.347. The van der Waals surface area contributed by atoms with Gasteiger partial charge in [0.1, 0.15) is 0 Å². The Balaban J connectivity index is 1.85. The van der Waals surface area contributed by atoms with E-state index in [0.717, 1.165) is 16.4 Å². The Labute approximate surface area is 144 Å². The Kier molecular flexibility index (Phi) is 4.91. The number of hydrogen-bond donors (Lipinski definition) is 0. The van der Waals surface area contributed by atoms with Gasteiger partial charge < -0.3 is 9.47 Å². The van der Waals surface area contributed by atoms with Crippen molar-refractivity contribution in [2.75, 3.05) is 20.3 Å². The van der Waals surface area contributed by atoms with E-state index in [0.29, 0.717) is 36.7 Å². The van der Waals surface area contributed by atoms with Crippen molar-refractivity contribution < 1.29 is 26.7 Å². The van der Waals surface area contributed by atoms with Crippen LogP contribution in [0.1, 0.15) is 12.0 Å². The molecule has 0 spiro atoms. The van der Waals surface area contributed by atoms with Gasteiger partial charge in [0.15, 0.2) is 23.1 Å². The van der Waals surface area contributed by atoms with Gasteiger partial charge in [-0.05, 0) is 29.8 Å². The summed E-state index contributed by atoms with van der Waals surface area (Å²) in [5, 5.41) is 0. The summed E-state index contributed by atoms with van der Waals surface area (Å²) >= 11 is 0. The maximum atomic E-state index is 13.3. The lowest BCUT2D eigenvalue weighted by Crippen LogP contribution is -2.26. The largest absolute Gasteiger partial charge is 0.490 e. The molecule has 1 heterocycles.